The third-order valence-electron chi connectivity index (χ3n) is 5.40. The topological polar surface area (TPSA) is 28.2 Å². The molecule has 1 aromatic rings. The Morgan fingerprint density at radius 2 is 2.10 bits per heavy atom. The van der Waals surface area contributed by atoms with Gasteiger partial charge in [-0.05, 0) is 33.1 Å². The van der Waals surface area contributed by atoms with Crippen LogP contribution in [0.5, 0.6) is 0 Å². The summed E-state index contributed by atoms with van der Waals surface area (Å²) in [5, 5.41) is 5.14. The van der Waals surface area contributed by atoms with Gasteiger partial charge in [-0.2, -0.15) is 0 Å². The fourth-order valence-electron chi connectivity index (χ4n) is 4.04. The van der Waals surface area contributed by atoms with Crippen LogP contribution in [0.25, 0.3) is 0 Å². The molecule has 2 heterocycles. The summed E-state index contributed by atoms with van der Waals surface area (Å²) in [6.07, 6.45) is 8.08. The Bertz CT molecular complexity index is 457. The van der Waals surface area contributed by atoms with Gasteiger partial charge in [0.15, 0.2) is 0 Å². The van der Waals surface area contributed by atoms with Crippen molar-refractivity contribution in [2.45, 2.75) is 77.4 Å². The van der Waals surface area contributed by atoms with E-state index in [1.807, 2.05) is 11.3 Å². The van der Waals surface area contributed by atoms with Crippen molar-refractivity contribution in [3.8, 4) is 0 Å². The molecule has 0 aromatic carbocycles. The van der Waals surface area contributed by atoms with Crippen molar-refractivity contribution in [2.24, 2.45) is 0 Å². The molecular weight excluding hydrogens is 278 g/mol. The number of aryl methyl sites for hydroxylation is 2. The molecule has 2 fully saturated rings. The van der Waals surface area contributed by atoms with Gasteiger partial charge in [-0.3, -0.25) is 4.90 Å². The minimum Gasteiger partial charge on any atom is -0.311 e. The van der Waals surface area contributed by atoms with Crippen LogP contribution >= 0.6 is 11.3 Å². The largest absolute Gasteiger partial charge is 0.311 e. The number of nitrogens with one attached hydrogen (secondary N) is 1. The van der Waals surface area contributed by atoms with Crippen LogP contribution in [0.3, 0.4) is 0 Å². The third-order valence-corrected chi connectivity index (χ3v) is 6.46. The van der Waals surface area contributed by atoms with E-state index >= 15 is 0 Å². The second-order valence-electron chi connectivity index (χ2n) is 6.93. The molecule has 1 unspecified atom stereocenters. The van der Waals surface area contributed by atoms with Crippen molar-refractivity contribution < 1.29 is 0 Å². The van der Waals surface area contributed by atoms with Crippen LogP contribution in [0.4, 0.5) is 0 Å². The zero-order valence-corrected chi connectivity index (χ0v) is 14.6. The molecule has 1 saturated heterocycles. The Hall–Kier alpha value is -0.450. The zero-order chi connectivity index (χ0) is 14.9. The first-order chi connectivity index (χ1) is 10.1. The molecule has 2 aliphatic rings. The first-order valence-electron chi connectivity index (χ1n) is 8.54. The molecule has 0 radical (unpaired) electrons. The standard InChI is InChI=1S/C17H29N3S/c1-4-7-15-10-20(11-16-19-13(2)14(3)21-16)17(12-18-15)8-5-6-9-17/h15,18H,4-12H2,1-3H3. The summed E-state index contributed by atoms with van der Waals surface area (Å²) in [5.74, 6) is 0. The number of hydrogen-bond donors (Lipinski definition) is 1. The molecule has 0 bridgehead atoms. The van der Waals surface area contributed by atoms with Gasteiger partial charge in [-0.1, -0.05) is 26.2 Å². The predicted octanol–water partition coefficient (Wildman–Crippen LogP) is 3.65. The lowest BCUT2D eigenvalue weighted by atomic mass is 9.90. The molecule has 3 rings (SSSR count). The number of hydrogen-bond acceptors (Lipinski definition) is 4. The highest BCUT2D eigenvalue weighted by atomic mass is 32.1. The van der Waals surface area contributed by atoms with Gasteiger partial charge in [0.1, 0.15) is 5.01 Å². The van der Waals surface area contributed by atoms with Crippen molar-refractivity contribution in [1.29, 1.82) is 0 Å². The number of piperazine rings is 1. The Labute approximate surface area is 133 Å². The summed E-state index contributed by atoms with van der Waals surface area (Å²) in [6, 6.07) is 0.670. The van der Waals surface area contributed by atoms with Crippen molar-refractivity contribution in [1.82, 2.24) is 15.2 Å². The van der Waals surface area contributed by atoms with Crippen LogP contribution in [-0.2, 0) is 6.54 Å². The minimum atomic E-state index is 0.414. The van der Waals surface area contributed by atoms with Crippen LogP contribution in [0, 0.1) is 13.8 Å². The van der Waals surface area contributed by atoms with E-state index in [-0.39, 0.29) is 0 Å². The molecule has 1 aromatic heterocycles. The lowest BCUT2D eigenvalue weighted by molar-refractivity contribution is 0.0337. The van der Waals surface area contributed by atoms with E-state index in [1.165, 1.54) is 67.2 Å². The maximum atomic E-state index is 4.79. The van der Waals surface area contributed by atoms with Gasteiger partial charge in [-0.15, -0.1) is 11.3 Å². The van der Waals surface area contributed by atoms with Gasteiger partial charge in [0.25, 0.3) is 0 Å². The smallest absolute Gasteiger partial charge is 0.107 e. The minimum absolute atomic E-state index is 0.414. The Balaban J connectivity index is 1.76. The maximum Gasteiger partial charge on any atom is 0.107 e. The molecule has 1 spiro atoms. The summed E-state index contributed by atoms with van der Waals surface area (Å²) in [4.78, 5) is 8.94. The normalized spacial score (nSPS) is 25.8. The highest BCUT2D eigenvalue weighted by molar-refractivity contribution is 7.11. The van der Waals surface area contributed by atoms with Crippen LogP contribution in [-0.4, -0.2) is 34.6 Å². The molecule has 21 heavy (non-hydrogen) atoms. The van der Waals surface area contributed by atoms with Crippen molar-refractivity contribution in [3.63, 3.8) is 0 Å². The highest BCUT2D eigenvalue weighted by Crippen LogP contribution is 2.38. The van der Waals surface area contributed by atoms with E-state index in [4.69, 9.17) is 4.98 Å². The highest BCUT2D eigenvalue weighted by Gasteiger charge is 2.43. The Morgan fingerprint density at radius 3 is 2.71 bits per heavy atom. The molecule has 0 amide bonds. The second-order valence-corrected chi connectivity index (χ2v) is 8.22. The first kappa shape index (κ1) is 15.4. The van der Waals surface area contributed by atoms with E-state index in [0.717, 1.165) is 6.54 Å². The summed E-state index contributed by atoms with van der Waals surface area (Å²) in [7, 11) is 0. The lowest BCUT2D eigenvalue weighted by Gasteiger charge is -2.48. The fraction of sp³-hybridized carbons (Fsp3) is 0.824. The SMILES string of the molecule is CCCC1CN(Cc2nc(C)c(C)s2)C2(CCCC2)CN1. The average Bonchev–Trinajstić information content (AvgIpc) is 3.03. The van der Waals surface area contributed by atoms with Gasteiger partial charge in [0, 0.05) is 29.5 Å². The van der Waals surface area contributed by atoms with E-state index < -0.39 is 0 Å². The van der Waals surface area contributed by atoms with E-state index in [1.54, 1.807) is 0 Å². The number of nitrogens with zero attached hydrogens (tertiary/aromatic N) is 2. The third kappa shape index (κ3) is 3.17. The summed E-state index contributed by atoms with van der Waals surface area (Å²) >= 11 is 1.89. The predicted molar refractivity (Wildman–Crippen MR) is 89.9 cm³/mol. The quantitative estimate of drug-likeness (QED) is 0.920. The summed E-state index contributed by atoms with van der Waals surface area (Å²) in [5.41, 5.74) is 1.63. The Morgan fingerprint density at radius 1 is 1.33 bits per heavy atom. The molecule has 4 heteroatoms. The molecule has 118 valence electrons. The summed E-state index contributed by atoms with van der Waals surface area (Å²) < 4.78 is 0. The number of rotatable bonds is 4. The average molecular weight is 308 g/mol. The molecule has 1 aliphatic heterocycles. The summed E-state index contributed by atoms with van der Waals surface area (Å²) in [6.45, 7) is 10.1. The van der Waals surface area contributed by atoms with Gasteiger partial charge in [0.05, 0.1) is 12.2 Å². The Kier molecular flexibility index (Phi) is 4.67. The van der Waals surface area contributed by atoms with E-state index in [0.29, 0.717) is 11.6 Å². The van der Waals surface area contributed by atoms with Gasteiger partial charge < -0.3 is 5.32 Å². The van der Waals surface area contributed by atoms with Gasteiger partial charge in [-0.25, -0.2) is 4.98 Å². The van der Waals surface area contributed by atoms with Crippen LogP contribution in [0.1, 0.15) is 61.0 Å². The molecule has 1 aliphatic carbocycles. The molecule has 1 saturated carbocycles. The monoisotopic (exact) mass is 307 g/mol. The van der Waals surface area contributed by atoms with Crippen LogP contribution in [0.2, 0.25) is 0 Å². The molecule has 1 N–H and O–H groups in total. The van der Waals surface area contributed by atoms with E-state index in [2.05, 4.69) is 31.0 Å². The van der Waals surface area contributed by atoms with Crippen LogP contribution in [0.15, 0.2) is 0 Å². The zero-order valence-electron chi connectivity index (χ0n) is 13.7. The number of thiazole rings is 1. The van der Waals surface area contributed by atoms with Crippen LogP contribution < -0.4 is 5.32 Å². The lowest BCUT2D eigenvalue weighted by Crippen LogP contribution is -2.63. The molecule has 3 nitrogen and oxygen atoms in total. The molecular formula is C17H29N3S. The second kappa shape index (κ2) is 6.35. The van der Waals surface area contributed by atoms with Gasteiger partial charge >= 0.3 is 0 Å². The van der Waals surface area contributed by atoms with E-state index in [9.17, 15) is 0 Å². The van der Waals surface area contributed by atoms with Crippen molar-refractivity contribution >= 4 is 11.3 Å². The van der Waals surface area contributed by atoms with Crippen molar-refractivity contribution in [2.75, 3.05) is 13.1 Å². The van der Waals surface area contributed by atoms with Crippen molar-refractivity contribution in [3.05, 3.63) is 15.6 Å². The van der Waals surface area contributed by atoms with Gasteiger partial charge in [0.2, 0.25) is 0 Å². The first-order valence-corrected chi connectivity index (χ1v) is 9.36. The maximum absolute atomic E-state index is 4.79. The number of aromatic nitrogens is 1. The molecule has 1 atom stereocenters. The fourth-order valence-corrected chi connectivity index (χ4v) is 4.99.